The predicted molar refractivity (Wildman–Crippen MR) is 76.0 cm³/mol. The number of carbonyl (C=O) groups is 1. The molecule has 0 unspecified atom stereocenters. The van der Waals surface area contributed by atoms with E-state index in [-0.39, 0.29) is 6.09 Å². The van der Waals surface area contributed by atoms with E-state index in [9.17, 15) is 4.79 Å². The van der Waals surface area contributed by atoms with Gasteiger partial charge in [-0.2, -0.15) is 0 Å². The Morgan fingerprint density at radius 1 is 1.33 bits per heavy atom. The fraction of sp³-hybridized carbons (Fsp3) is 0.357. The van der Waals surface area contributed by atoms with E-state index in [0.29, 0.717) is 0 Å². The third kappa shape index (κ3) is 2.43. The number of fused-ring (bicyclic) bond motifs is 1. The Bertz CT molecular complexity index is 608. The van der Waals surface area contributed by atoms with Crippen molar-refractivity contribution in [3.8, 4) is 0 Å². The zero-order valence-electron chi connectivity index (χ0n) is 11.0. The van der Waals surface area contributed by atoms with Crippen LogP contribution in [-0.2, 0) is 4.74 Å². The lowest BCUT2D eigenvalue weighted by Gasteiger charge is -2.19. The number of ether oxygens (including phenoxy) is 1. The van der Waals surface area contributed by atoms with Gasteiger partial charge in [-0.05, 0) is 55.3 Å². The van der Waals surface area contributed by atoms with Crippen molar-refractivity contribution in [3.05, 3.63) is 34.4 Å². The number of aromatic nitrogens is 1. The van der Waals surface area contributed by atoms with Gasteiger partial charge in [-0.3, -0.25) is 4.57 Å². The van der Waals surface area contributed by atoms with E-state index in [2.05, 4.69) is 15.9 Å². The third-order valence-electron chi connectivity index (χ3n) is 2.58. The van der Waals surface area contributed by atoms with Crippen LogP contribution in [0.5, 0.6) is 0 Å². The summed E-state index contributed by atoms with van der Waals surface area (Å²) in [5.74, 6) is 0. The van der Waals surface area contributed by atoms with Crippen LogP contribution in [0.3, 0.4) is 0 Å². The first-order valence-corrected chi connectivity index (χ1v) is 6.58. The van der Waals surface area contributed by atoms with Gasteiger partial charge < -0.3 is 4.74 Å². The summed E-state index contributed by atoms with van der Waals surface area (Å²) >= 11 is 3.49. The van der Waals surface area contributed by atoms with Gasteiger partial charge in [-0.1, -0.05) is 12.1 Å². The third-order valence-corrected chi connectivity index (χ3v) is 3.18. The summed E-state index contributed by atoms with van der Waals surface area (Å²) in [7, 11) is 0. The van der Waals surface area contributed by atoms with Crippen molar-refractivity contribution >= 4 is 32.9 Å². The molecule has 0 spiro atoms. The summed E-state index contributed by atoms with van der Waals surface area (Å²) < 4.78 is 7.83. The Morgan fingerprint density at radius 2 is 2.00 bits per heavy atom. The molecule has 0 saturated heterocycles. The SMILES string of the molecule is Cc1cccc2c1c(Br)cn2C(=O)OC(C)(C)C. The number of rotatable bonds is 0. The molecule has 2 aromatic rings. The molecule has 1 aromatic heterocycles. The summed E-state index contributed by atoms with van der Waals surface area (Å²) in [6.45, 7) is 7.59. The Morgan fingerprint density at radius 3 is 2.61 bits per heavy atom. The van der Waals surface area contributed by atoms with E-state index in [4.69, 9.17) is 4.74 Å². The molecule has 3 nitrogen and oxygen atoms in total. The maximum atomic E-state index is 12.1. The van der Waals surface area contributed by atoms with Crippen LogP contribution in [0.25, 0.3) is 10.9 Å². The number of hydrogen-bond acceptors (Lipinski definition) is 2. The Hall–Kier alpha value is -1.29. The quantitative estimate of drug-likeness (QED) is 0.717. The largest absolute Gasteiger partial charge is 0.443 e. The normalized spacial score (nSPS) is 11.8. The van der Waals surface area contributed by atoms with Crippen molar-refractivity contribution in [2.75, 3.05) is 0 Å². The summed E-state index contributed by atoms with van der Waals surface area (Å²) in [5, 5.41) is 1.04. The molecule has 0 radical (unpaired) electrons. The highest BCUT2D eigenvalue weighted by molar-refractivity contribution is 9.10. The molecule has 4 heteroatoms. The zero-order chi connectivity index (χ0) is 13.5. The van der Waals surface area contributed by atoms with Crippen LogP contribution in [0.15, 0.2) is 28.9 Å². The van der Waals surface area contributed by atoms with Gasteiger partial charge in [0.1, 0.15) is 5.60 Å². The molecule has 96 valence electrons. The molecule has 0 saturated carbocycles. The number of aryl methyl sites for hydroxylation is 1. The van der Waals surface area contributed by atoms with Crippen LogP contribution < -0.4 is 0 Å². The lowest BCUT2D eigenvalue weighted by molar-refractivity contribution is 0.0544. The smallest absolute Gasteiger partial charge is 0.419 e. The molecule has 0 bridgehead atoms. The van der Waals surface area contributed by atoms with Crippen LogP contribution in [-0.4, -0.2) is 16.3 Å². The average Bonchev–Trinajstić information content (AvgIpc) is 2.55. The molecular weight excluding hydrogens is 294 g/mol. The number of hydrogen-bond donors (Lipinski definition) is 0. The molecule has 0 atom stereocenters. The van der Waals surface area contributed by atoms with Gasteiger partial charge in [0.2, 0.25) is 0 Å². The number of benzene rings is 1. The summed E-state index contributed by atoms with van der Waals surface area (Å²) in [5.41, 5.74) is 1.49. The lowest BCUT2D eigenvalue weighted by atomic mass is 10.1. The van der Waals surface area contributed by atoms with Gasteiger partial charge in [0, 0.05) is 16.1 Å². The van der Waals surface area contributed by atoms with E-state index in [0.717, 1.165) is 20.9 Å². The Labute approximate surface area is 115 Å². The molecule has 0 fully saturated rings. The minimum absolute atomic E-state index is 0.358. The average molecular weight is 310 g/mol. The molecule has 18 heavy (non-hydrogen) atoms. The molecule has 0 amide bonds. The maximum absolute atomic E-state index is 12.1. The van der Waals surface area contributed by atoms with Gasteiger partial charge in [0.15, 0.2) is 0 Å². The second kappa shape index (κ2) is 4.43. The topological polar surface area (TPSA) is 31.2 Å². The van der Waals surface area contributed by atoms with Crippen molar-refractivity contribution in [1.29, 1.82) is 0 Å². The first-order chi connectivity index (χ1) is 8.29. The van der Waals surface area contributed by atoms with Crippen molar-refractivity contribution in [2.24, 2.45) is 0 Å². The van der Waals surface area contributed by atoms with Gasteiger partial charge in [-0.15, -0.1) is 0 Å². The first kappa shape index (κ1) is 13.1. The molecule has 0 N–H and O–H groups in total. The monoisotopic (exact) mass is 309 g/mol. The molecule has 1 heterocycles. The van der Waals surface area contributed by atoms with Crippen molar-refractivity contribution in [3.63, 3.8) is 0 Å². The number of halogens is 1. The maximum Gasteiger partial charge on any atom is 0.419 e. The van der Waals surface area contributed by atoms with Gasteiger partial charge in [-0.25, -0.2) is 4.79 Å². The fourth-order valence-electron chi connectivity index (χ4n) is 1.87. The second-order valence-corrected chi connectivity index (χ2v) is 6.15. The second-order valence-electron chi connectivity index (χ2n) is 5.30. The molecule has 2 rings (SSSR count). The minimum atomic E-state index is -0.496. The Kier molecular flexibility index (Phi) is 3.23. The number of nitrogens with zero attached hydrogens (tertiary/aromatic N) is 1. The molecule has 0 aliphatic rings. The van der Waals surface area contributed by atoms with E-state index in [1.54, 1.807) is 6.20 Å². The van der Waals surface area contributed by atoms with Gasteiger partial charge >= 0.3 is 6.09 Å². The molecule has 0 aliphatic carbocycles. The van der Waals surface area contributed by atoms with Gasteiger partial charge in [0.25, 0.3) is 0 Å². The standard InChI is InChI=1S/C14H16BrNO2/c1-9-6-5-7-11-12(9)10(15)8-16(11)13(17)18-14(2,3)4/h5-8H,1-4H3. The fourth-order valence-corrected chi connectivity index (χ4v) is 2.59. The minimum Gasteiger partial charge on any atom is -0.443 e. The summed E-state index contributed by atoms with van der Waals surface area (Å²) in [6, 6.07) is 5.87. The lowest BCUT2D eigenvalue weighted by Crippen LogP contribution is -2.26. The number of carbonyl (C=O) groups excluding carboxylic acids is 1. The molecule has 1 aromatic carbocycles. The van der Waals surface area contributed by atoms with Crippen LogP contribution in [0.4, 0.5) is 4.79 Å². The van der Waals surface area contributed by atoms with Crippen molar-refractivity contribution in [1.82, 2.24) is 4.57 Å². The van der Waals surface area contributed by atoms with Crippen molar-refractivity contribution in [2.45, 2.75) is 33.3 Å². The highest BCUT2D eigenvalue weighted by Crippen LogP contribution is 2.29. The van der Waals surface area contributed by atoms with Crippen LogP contribution in [0.1, 0.15) is 26.3 Å². The van der Waals surface area contributed by atoms with Gasteiger partial charge in [0.05, 0.1) is 5.52 Å². The van der Waals surface area contributed by atoms with Crippen LogP contribution in [0.2, 0.25) is 0 Å². The molecule has 0 aliphatic heterocycles. The highest BCUT2D eigenvalue weighted by Gasteiger charge is 2.20. The first-order valence-electron chi connectivity index (χ1n) is 5.79. The highest BCUT2D eigenvalue weighted by atomic mass is 79.9. The summed E-state index contributed by atoms with van der Waals surface area (Å²) in [6.07, 6.45) is 1.40. The summed E-state index contributed by atoms with van der Waals surface area (Å²) in [4.78, 5) is 12.1. The van der Waals surface area contributed by atoms with E-state index in [1.807, 2.05) is 45.9 Å². The van der Waals surface area contributed by atoms with Crippen LogP contribution >= 0.6 is 15.9 Å². The van der Waals surface area contributed by atoms with E-state index < -0.39 is 5.60 Å². The van der Waals surface area contributed by atoms with Crippen LogP contribution in [0, 0.1) is 6.92 Å². The van der Waals surface area contributed by atoms with Crippen molar-refractivity contribution < 1.29 is 9.53 Å². The predicted octanol–water partition coefficient (Wildman–Crippen LogP) is 4.50. The zero-order valence-corrected chi connectivity index (χ0v) is 12.5. The van der Waals surface area contributed by atoms with E-state index >= 15 is 0 Å². The van der Waals surface area contributed by atoms with E-state index in [1.165, 1.54) is 4.57 Å². The molecular formula is C14H16BrNO2. The Balaban J connectivity index is 2.53.